The van der Waals surface area contributed by atoms with Crippen molar-refractivity contribution in [2.45, 2.75) is 27.2 Å². The molecular weight excluding hydrogens is 436 g/mol. The van der Waals surface area contributed by atoms with Crippen LogP contribution in [0.1, 0.15) is 30.0 Å². The molecule has 0 aliphatic heterocycles. The van der Waals surface area contributed by atoms with Gasteiger partial charge in [-0.2, -0.15) is 0 Å². The quantitative estimate of drug-likeness (QED) is 0.283. The van der Waals surface area contributed by atoms with Crippen molar-refractivity contribution in [1.82, 2.24) is 9.97 Å². The summed E-state index contributed by atoms with van der Waals surface area (Å²) in [6.45, 7) is 6.43. The van der Waals surface area contributed by atoms with E-state index < -0.39 is 0 Å². The first-order valence-electron chi connectivity index (χ1n) is 11.7. The lowest BCUT2D eigenvalue weighted by atomic mass is 9.92. The molecule has 1 aliphatic carbocycles. The molecule has 1 unspecified atom stereocenters. The second-order valence-electron chi connectivity index (χ2n) is 9.02. The lowest BCUT2D eigenvalue weighted by molar-refractivity contribution is 0.739. The zero-order valence-corrected chi connectivity index (χ0v) is 20.5. The Hall–Kier alpha value is -3.49. The average Bonchev–Trinajstić information content (AvgIpc) is 2.87. The Bertz CT molecular complexity index is 1400. The van der Waals surface area contributed by atoms with E-state index in [9.17, 15) is 0 Å². The highest BCUT2D eigenvalue weighted by Crippen LogP contribution is 2.35. The highest BCUT2D eigenvalue weighted by atomic mass is 35.5. The molecule has 0 spiro atoms. The molecule has 1 aromatic heterocycles. The molecule has 0 saturated heterocycles. The van der Waals surface area contributed by atoms with Crippen LogP contribution < -0.4 is 0 Å². The molecule has 1 aliphatic rings. The van der Waals surface area contributed by atoms with Gasteiger partial charge in [-0.1, -0.05) is 91.9 Å². The number of hydrogen-bond acceptors (Lipinski definition) is 2. The van der Waals surface area contributed by atoms with E-state index in [1.807, 2.05) is 6.07 Å². The average molecular weight is 463 g/mol. The minimum Gasteiger partial charge on any atom is -0.218 e. The topological polar surface area (TPSA) is 25.8 Å². The first-order valence-corrected chi connectivity index (χ1v) is 12.1. The van der Waals surface area contributed by atoms with Crippen molar-refractivity contribution >= 4 is 17.2 Å². The zero-order valence-electron chi connectivity index (χ0n) is 19.7. The van der Waals surface area contributed by atoms with Gasteiger partial charge in [0.15, 0.2) is 0 Å². The third-order valence-electron chi connectivity index (χ3n) is 6.52. The summed E-state index contributed by atoms with van der Waals surface area (Å²) in [4.78, 5) is 9.28. The maximum Gasteiger partial charge on any atom is 0.223 e. The predicted molar refractivity (Wildman–Crippen MR) is 144 cm³/mol. The van der Waals surface area contributed by atoms with E-state index >= 15 is 0 Å². The molecule has 0 radical (unpaired) electrons. The summed E-state index contributed by atoms with van der Waals surface area (Å²) >= 11 is 6.46. The van der Waals surface area contributed by atoms with Gasteiger partial charge in [0.25, 0.3) is 0 Å². The molecule has 3 heteroatoms. The maximum absolute atomic E-state index is 6.46. The molecule has 0 N–H and O–H groups in total. The van der Waals surface area contributed by atoms with Crippen molar-refractivity contribution in [2.75, 3.05) is 0 Å². The van der Waals surface area contributed by atoms with Crippen LogP contribution in [0.25, 0.3) is 39.2 Å². The van der Waals surface area contributed by atoms with Gasteiger partial charge < -0.3 is 0 Å². The standard InChI is InChI=1S/C31H27ClN2/c1-20-9-12-24(13-10-20)25-15-17-26(18-16-25)29-22(3)30(34-31(32)33-29)28-19-27(14-11-21(28)2)23-7-5-4-6-8-23/h4-9,11-20H,10H2,1-3H3. The van der Waals surface area contributed by atoms with Gasteiger partial charge >= 0.3 is 0 Å². The van der Waals surface area contributed by atoms with Gasteiger partial charge in [-0.25, -0.2) is 9.97 Å². The van der Waals surface area contributed by atoms with Gasteiger partial charge in [0.05, 0.1) is 11.4 Å². The number of halogens is 1. The fourth-order valence-electron chi connectivity index (χ4n) is 4.48. The highest BCUT2D eigenvalue weighted by molar-refractivity contribution is 6.28. The SMILES string of the molecule is Cc1ccc(-c2ccccc2)cc1-c1nc(Cl)nc(-c2ccc(C3=CCC(C)C=C3)cc2)c1C. The van der Waals surface area contributed by atoms with E-state index in [0.29, 0.717) is 5.92 Å². The van der Waals surface area contributed by atoms with E-state index in [1.165, 1.54) is 16.7 Å². The van der Waals surface area contributed by atoms with Gasteiger partial charge in [0, 0.05) is 16.7 Å². The first kappa shape index (κ1) is 22.3. The van der Waals surface area contributed by atoms with Crippen LogP contribution in [0.2, 0.25) is 5.28 Å². The third-order valence-corrected chi connectivity index (χ3v) is 6.69. The zero-order chi connectivity index (χ0) is 23.7. The number of benzene rings is 3. The minimum absolute atomic E-state index is 0.260. The molecule has 1 atom stereocenters. The Morgan fingerprint density at radius 2 is 1.44 bits per heavy atom. The summed E-state index contributed by atoms with van der Waals surface area (Å²) in [6, 6.07) is 25.5. The normalized spacial score (nSPS) is 15.3. The van der Waals surface area contributed by atoms with E-state index in [4.69, 9.17) is 11.6 Å². The predicted octanol–water partition coefficient (Wildman–Crippen LogP) is 8.73. The summed E-state index contributed by atoms with van der Waals surface area (Å²) in [5.41, 5.74) is 10.9. The van der Waals surface area contributed by atoms with Crippen LogP contribution in [0.5, 0.6) is 0 Å². The van der Waals surface area contributed by atoms with E-state index in [-0.39, 0.29) is 5.28 Å². The Labute approximate surface area is 206 Å². The van der Waals surface area contributed by atoms with Gasteiger partial charge in [0.2, 0.25) is 5.28 Å². The van der Waals surface area contributed by atoms with Crippen LogP contribution in [0, 0.1) is 19.8 Å². The summed E-state index contributed by atoms with van der Waals surface area (Å²) in [5.74, 6) is 0.608. The van der Waals surface area contributed by atoms with Crippen molar-refractivity contribution in [3.05, 3.63) is 113 Å². The fourth-order valence-corrected chi connectivity index (χ4v) is 4.65. The molecular formula is C31H27ClN2. The fraction of sp³-hybridized carbons (Fsp3) is 0.161. The van der Waals surface area contributed by atoms with Crippen molar-refractivity contribution in [3.8, 4) is 33.6 Å². The summed E-state index contributed by atoms with van der Waals surface area (Å²) in [7, 11) is 0. The van der Waals surface area contributed by atoms with E-state index in [0.717, 1.165) is 45.6 Å². The molecule has 34 heavy (non-hydrogen) atoms. The summed E-state index contributed by atoms with van der Waals surface area (Å²) in [5, 5.41) is 0.260. The minimum atomic E-state index is 0.260. The van der Waals surface area contributed by atoms with Crippen LogP contribution in [0.15, 0.2) is 91.0 Å². The lowest BCUT2D eigenvalue weighted by Crippen LogP contribution is -1.99. The first-order chi connectivity index (χ1) is 16.5. The van der Waals surface area contributed by atoms with Crippen molar-refractivity contribution in [1.29, 1.82) is 0 Å². The molecule has 5 rings (SSSR count). The number of aryl methyl sites for hydroxylation is 1. The number of nitrogens with zero attached hydrogens (tertiary/aromatic N) is 2. The lowest BCUT2D eigenvalue weighted by Gasteiger charge is -2.15. The van der Waals surface area contributed by atoms with E-state index in [1.54, 1.807) is 0 Å². The van der Waals surface area contributed by atoms with Crippen LogP contribution in [-0.4, -0.2) is 9.97 Å². The second kappa shape index (κ2) is 9.40. The van der Waals surface area contributed by atoms with E-state index in [2.05, 4.69) is 116 Å². The molecule has 4 aromatic rings. The van der Waals surface area contributed by atoms with Crippen LogP contribution in [-0.2, 0) is 0 Å². The number of aromatic nitrogens is 2. The third kappa shape index (κ3) is 4.47. The smallest absolute Gasteiger partial charge is 0.218 e. The number of allylic oxidation sites excluding steroid dienone is 4. The Kier molecular flexibility index (Phi) is 6.17. The molecule has 0 saturated carbocycles. The molecule has 0 fully saturated rings. The molecule has 0 amide bonds. The van der Waals surface area contributed by atoms with Crippen LogP contribution in [0.3, 0.4) is 0 Å². The molecule has 3 aromatic carbocycles. The molecule has 1 heterocycles. The largest absolute Gasteiger partial charge is 0.223 e. The van der Waals surface area contributed by atoms with Gasteiger partial charge in [-0.05, 0) is 71.7 Å². The van der Waals surface area contributed by atoms with Gasteiger partial charge in [-0.3, -0.25) is 0 Å². The van der Waals surface area contributed by atoms with Crippen molar-refractivity contribution < 1.29 is 0 Å². The highest BCUT2D eigenvalue weighted by Gasteiger charge is 2.16. The number of hydrogen-bond donors (Lipinski definition) is 0. The summed E-state index contributed by atoms with van der Waals surface area (Å²) in [6.07, 6.45) is 7.89. The molecule has 0 bridgehead atoms. The monoisotopic (exact) mass is 462 g/mol. The van der Waals surface area contributed by atoms with Crippen molar-refractivity contribution in [2.24, 2.45) is 5.92 Å². The summed E-state index contributed by atoms with van der Waals surface area (Å²) < 4.78 is 0. The van der Waals surface area contributed by atoms with Crippen LogP contribution in [0.4, 0.5) is 0 Å². The van der Waals surface area contributed by atoms with Gasteiger partial charge in [0.1, 0.15) is 0 Å². The number of rotatable bonds is 4. The molecule has 2 nitrogen and oxygen atoms in total. The Morgan fingerprint density at radius 3 is 2.15 bits per heavy atom. The van der Waals surface area contributed by atoms with Crippen molar-refractivity contribution in [3.63, 3.8) is 0 Å². The molecule has 168 valence electrons. The van der Waals surface area contributed by atoms with Gasteiger partial charge in [-0.15, -0.1) is 0 Å². The maximum atomic E-state index is 6.46. The Morgan fingerprint density at radius 1 is 0.765 bits per heavy atom. The Balaban J connectivity index is 1.55. The second-order valence-corrected chi connectivity index (χ2v) is 9.36. The van der Waals surface area contributed by atoms with Crippen LogP contribution >= 0.6 is 11.6 Å².